The van der Waals surface area contributed by atoms with Crippen molar-refractivity contribution in [3.8, 4) is 11.1 Å². The number of nitrogens with zero attached hydrogens (tertiary/aromatic N) is 7. The van der Waals surface area contributed by atoms with E-state index in [9.17, 15) is 9.59 Å². The van der Waals surface area contributed by atoms with Crippen LogP contribution in [-0.2, 0) is 11.3 Å². The van der Waals surface area contributed by atoms with E-state index in [0.717, 1.165) is 59.4 Å². The van der Waals surface area contributed by atoms with Gasteiger partial charge in [0.1, 0.15) is 24.3 Å². The van der Waals surface area contributed by atoms with Crippen molar-refractivity contribution in [2.24, 2.45) is 0 Å². The second kappa shape index (κ2) is 10.1. The molecule has 0 spiro atoms. The fourth-order valence-corrected chi connectivity index (χ4v) is 6.46. The zero-order valence-corrected chi connectivity index (χ0v) is 22.7. The van der Waals surface area contributed by atoms with Crippen LogP contribution in [0.3, 0.4) is 0 Å². The van der Waals surface area contributed by atoms with Gasteiger partial charge in [0.05, 0.1) is 10.9 Å². The van der Waals surface area contributed by atoms with Gasteiger partial charge >= 0.3 is 5.69 Å². The molecule has 0 bridgehead atoms. The van der Waals surface area contributed by atoms with Gasteiger partial charge in [-0.3, -0.25) is 14.3 Å². The number of carbonyl (C=O) groups excluding carboxylic acids is 1. The molecule has 4 aromatic heterocycles. The Bertz CT molecular complexity index is 1780. The number of nitrogens with one attached hydrogen (secondary N) is 1. The Morgan fingerprint density at radius 2 is 1.77 bits per heavy atom. The molecule has 0 atom stereocenters. The molecule has 0 aliphatic carbocycles. The van der Waals surface area contributed by atoms with Crippen molar-refractivity contribution in [1.29, 1.82) is 0 Å². The number of carbonyl (C=O) groups is 1. The fraction of sp³-hybridized carbons (Fsp3) is 0.345. The van der Waals surface area contributed by atoms with Crippen molar-refractivity contribution >= 4 is 45.5 Å². The number of amides is 1. The number of likely N-dealkylation sites (tertiary alicyclic amines) is 1. The molecule has 5 aromatic rings. The van der Waals surface area contributed by atoms with Crippen molar-refractivity contribution < 1.29 is 4.79 Å². The third kappa shape index (κ3) is 4.23. The maximum absolute atomic E-state index is 13.6. The molecular weight excluding hydrogens is 528 g/mol. The Kier molecular flexibility index (Phi) is 6.27. The highest BCUT2D eigenvalue weighted by Gasteiger charge is 2.28. The van der Waals surface area contributed by atoms with Crippen LogP contribution in [0.15, 0.2) is 59.9 Å². The summed E-state index contributed by atoms with van der Waals surface area (Å²) in [7, 11) is 0. The van der Waals surface area contributed by atoms with Crippen molar-refractivity contribution in [3.63, 3.8) is 0 Å². The van der Waals surface area contributed by atoms with Crippen molar-refractivity contribution in [3.05, 3.63) is 70.6 Å². The number of aromatic nitrogens is 6. The first kappa shape index (κ1) is 24.8. The SMILES string of the molecule is O=C(Cn1cc(-c2ccccc2Cl)c2c(N3CCCC3)ncnc21)N1CCC(n2c(=O)[nH]c3ncccc32)CC1. The van der Waals surface area contributed by atoms with Gasteiger partial charge in [-0.25, -0.2) is 19.7 Å². The molecule has 2 aliphatic rings. The van der Waals surface area contributed by atoms with E-state index < -0.39 is 0 Å². The van der Waals surface area contributed by atoms with Gasteiger partial charge in [0, 0.05) is 60.8 Å². The molecule has 0 unspecified atom stereocenters. The number of H-pyrrole nitrogens is 1. The van der Waals surface area contributed by atoms with Crippen molar-refractivity contribution in [1.82, 2.24) is 34.0 Å². The number of imidazole rings is 1. The summed E-state index contributed by atoms with van der Waals surface area (Å²) in [6.45, 7) is 3.21. The molecule has 204 valence electrons. The van der Waals surface area contributed by atoms with Crippen LogP contribution >= 0.6 is 11.6 Å². The van der Waals surface area contributed by atoms with E-state index in [1.54, 1.807) is 17.1 Å². The van der Waals surface area contributed by atoms with Gasteiger partial charge in [0.2, 0.25) is 5.91 Å². The number of piperidine rings is 1. The maximum atomic E-state index is 13.6. The molecule has 2 saturated heterocycles. The Hall–Kier alpha value is -4.18. The average Bonchev–Trinajstić information content (AvgIpc) is 3.71. The quantitative estimate of drug-likeness (QED) is 0.347. The molecule has 6 heterocycles. The second-order valence-corrected chi connectivity index (χ2v) is 10.9. The predicted molar refractivity (Wildman–Crippen MR) is 155 cm³/mol. The normalized spacial score (nSPS) is 16.4. The van der Waals surface area contributed by atoms with Gasteiger partial charge in [-0.05, 0) is 43.9 Å². The van der Waals surface area contributed by atoms with Gasteiger partial charge < -0.3 is 14.4 Å². The summed E-state index contributed by atoms with van der Waals surface area (Å²) in [5.41, 5.74) is 3.80. The molecule has 1 N–H and O–H groups in total. The first-order valence-corrected chi connectivity index (χ1v) is 14.1. The Morgan fingerprint density at radius 3 is 2.58 bits per heavy atom. The van der Waals surface area contributed by atoms with E-state index in [0.29, 0.717) is 36.6 Å². The number of halogens is 1. The smallest absolute Gasteiger partial charge is 0.327 e. The van der Waals surface area contributed by atoms with E-state index in [1.165, 1.54) is 0 Å². The predicted octanol–water partition coefficient (Wildman–Crippen LogP) is 4.25. The van der Waals surface area contributed by atoms with Gasteiger partial charge in [-0.2, -0.15) is 0 Å². The van der Waals surface area contributed by atoms with E-state index in [2.05, 4.69) is 24.8 Å². The third-order valence-electron chi connectivity index (χ3n) is 8.18. The topological polar surface area (TPSA) is 105 Å². The molecule has 40 heavy (non-hydrogen) atoms. The summed E-state index contributed by atoms with van der Waals surface area (Å²) in [4.78, 5) is 46.8. The lowest BCUT2D eigenvalue weighted by Crippen LogP contribution is -2.41. The van der Waals surface area contributed by atoms with Crippen LogP contribution in [0, 0.1) is 0 Å². The van der Waals surface area contributed by atoms with Gasteiger partial charge in [-0.1, -0.05) is 29.8 Å². The maximum Gasteiger partial charge on any atom is 0.327 e. The van der Waals surface area contributed by atoms with Crippen LogP contribution < -0.4 is 10.6 Å². The molecule has 7 rings (SSSR count). The first-order chi connectivity index (χ1) is 19.6. The number of hydrogen-bond donors (Lipinski definition) is 1. The molecule has 10 nitrogen and oxygen atoms in total. The molecule has 0 saturated carbocycles. The zero-order valence-electron chi connectivity index (χ0n) is 22.0. The highest BCUT2D eigenvalue weighted by molar-refractivity contribution is 6.33. The molecule has 2 aliphatic heterocycles. The zero-order chi connectivity index (χ0) is 27.2. The van der Waals surface area contributed by atoms with Crippen LogP contribution in [0.5, 0.6) is 0 Å². The van der Waals surface area contributed by atoms with Crippen LogP contribution in [0.2, 0.25) is 5.02 Å². The minimum atomic E-state index is -0.155. The molecule has 0 radical (unpaired) electrons. The lowest BCUT2D eigenvalue weighted by atomic mass is 10.0. The summed E-state index contributed by atoms with van der Waals surface area (Å²) >= 11 is 6.64. The summed E-state index contributed by atoms with van der Waals surface area (Å²) < 4.78 is 3.72. The number of anilines is 1. The van der Waals surface area contributed by atoms with Gasteiger partial charge in [0.25, 0.3) is 0 Å². The number of rotatable bonds is 5. The van der Waals surface area contributed by atoms with Gasteiger partial charge in [0.15, 0.2) is 5.65 Å². The number of aromatic amines is 1. The summed E-state index contributed by atoms with van der Waals surface area (Å²) in [5.74, 6) is 0.915. The van der Waals surface area contributed by atoms with Crippen LogP contribution in [0.25, 0.3) is 33.3 Å². The molecule has 11 heteroatoms. The van der Waals surface area contributed by atoms with E-state index in [1.807, 2.05) is 52.1 Å². The molecular formula is C29H29ClN8O2. The van der Waals surface area contributed by atoms with Crippen LogP contribution in [-0.4, -0.2) is 66.1 Å². The average molecular weight is 557 g/mol. The van der Waals surface area contributed by atoms with E-state index in [-0.39, 0.29) is 24.2 Å². The highest BCUT2D eigenvalue weighted by atomic mass is 35.5. The summed E-state index contributed by atoms with van der Waals surface area (Å²) in [6.07, 6.45) is 8.91. The Labute approximate surface area is 235 Å². The first-order valence-electron chi connectivity index (χ1n) is 13.7. The lowest BCUT2D eigenvalue weighted by molar-refractivity contribution is -0.133. The van der Waals surface area contributed by atoms with Crippen LogP contribution in [0.1, 0.15) is 31.7 Å². The van der Waals surface area contributed by atoms with Crippen molar-refractivity contribution in [2.45, 2.75) is 38.3 Å². The third-order valence-corrected chi connectivity index (χ3v) is 8.51. The molecule has 1 aromatic carbocycles. The van der Waals surface area contributed by atoms with Crippen molar-refractivity contribution in [2.75, 3.05) is 31.1 Å². The molecule has 2 fully saturated rings. The lowest BCUT2D eigenvalue weighted by Gasteiger charge is -2.32. The van der Waals surface area contributed by atoms with Gasteiger partial charge in [-0.15, -0.1) is 0 Å². The van der Waals surface area contributed by atoms with E-state index >= 15 is 0 Å². The number of pyridine rings is 1. The monoisotopic (exact) mass is 556 g/mol. The minimum absolute atomic E-state index is 0.0181. The minimum Gasteiger partial charge on any atom is -0.356 e. The summed E-state index contributed by atoms with van der Waals surface area (Å²) in [6, 6.07) is 11.5. The number of hydrogen-bond acceptors (Lipinski definition) is 6. The highest BCUT2D eigenvalue weighted by Crippen LogP contribution is 2.39. The second-order valence-electron chi connectivity index (χ2n) is 10.5. The Morgan fingerprint density at radius 1 is 0.975 bits per heavy atom. The standard InChI is InChI=1S/C29H29ClN8O2/c30-22-7-2-1-6-20(22)21-16-37(28-25(21)27(32-18-33-28)36-12-3-4-13-36)17-24(39)35-14-9-19(10-15-35)38-23-8-5-11-31-26(23)34-29(38)40/h1-2,5-8,11,16,18-19H,3-4,9-10,12-15,17H2,(H,31,34,40). The largest absolute Gasteiger partial charge is 0.356 e. The summed E-state index contributed by atoms with van der Waals surface area (Å²) in [5, 5.41) is 1.57. The van der Waals surface area contributed by atoms with E-state index in [4.69, 9.17) is 11.6 Å². The Balaban J connectivity index is 1.17. The molecule has 1 amide bonds. The number of benzene rings is 1. The fourth-order valence-electron chi connectivity index (χ4n) is 6.22. The number of fused-ring (bicyclic) bond motifs is 2. The van der Waals surface area contributed by atoms with Crippen LogP contribution in [0.4, 0.5) is 5.82 Å².